The first-order valence-electron chi connectivity index (χ1n) is 4.50. The second-order valence-corrected chi connectivity index (χ2v) is 3.66. The lowest BCUT2D eigenvalue weighted by atomic mass is 9.78. The fourth-order valence-electron chi connectivity index (χ4n) is 2.51. The molecule has 2 fully saturated rings. The molecule has 3 nitrogen and oxygen atoms in total. The van der Waals surface area contributed by atoms with E-state index in [1.807, 2.05) is 0 Å². The highest BCUT2D eigenvalue weighted by Crippen LogP contribution is 2.44. The summed E-state index contributed by atoms with van der Waals surface area (Å²) in [5.74, 6) is 0.516. The van der Waals surface area contributed by atoms with E-state index in [0.717, 1.165) is 12.8 Å². The topological polar surface area (TPSA) is 53.2 Å². The van der Waals surface area contributed by atoms with Gasteiger partial charge in [-0.15, -0.1) is 0 Å². The predicted octanol–water partition coefficient (Wildman–Crippen LogP) is 0.686. The van der Waals surface area contributed by atoms with Gasteiger partial charge in [-0.1, -0.05) is 0 Å². The first-order chi connectivity index (χ1) is 5.86. The molecule has 0 spiro atoms. The summed E-state index contributed by atoms with van der Waals surface area (Å²) in [4.78, 5) is 0. The highest BCUT2D eigenvalue weighted by Gasteiger charge is 2.48. The quantitative estimate of drug-likeness (QED) is 0.658. The zero-order valence-corrected chi connectivity index (χ0v) is 6.94. The minimum atomic E-state index is 0.174. The van der Waals surface area contributed by atoms with Crippen LogP contribution in [0.5, 0.6) is 0 Å². The zero-order chi connectivity index (χ0) is 8.55. The third-order valence-electron chi connectivity index (χ3n) is 3.13. The third-order valence-corrected chi connectivity index (χ3v) is 3.13. The first-order valence-corrected chi connectivity index (χ1v) is 4.50. The molecule has 2 aliphatic rings. The van der Waals surface area contributed by atoms with Crippen LogP contribution in [-0.2, 0) is 4.74 Å². The summed E-state index contributed by atoms with van der Waals surface area (Å²) in [5, 5.41) is 17.7. The van der Waals surface area contributed by atoms with Crippen LogP contribution in [0.1, 0.15) is 19.3 Å². The fourth-order valence-corrected chi connectivity index (χ4v) is 2.51. The maximum atomic E-state index is 9.10. The van der Waals surface area contributed by atoms with E-state index in [2.05, 4.69) is 6.07 Å². The van der Waals surface area contributed by atoms with E-state index in [-0.39, 0.29) is 24.7 Å². The molecule has 3 unspecified atom stereocenters. The van der Waals surface area contributed by atoms with Crippen molar-refractivity contribution in [1.82, 2.24) is 0 Å². The van der Waals surface area contributed by atoms with Crippen LogP contribution in [-0.4, -0.2) is 23.9 Å². The molecule has 0 amide bonds. The van der Waals surface area contributed by atoms with Gasteiger partial charge in [-0.05, 0) is 12.8 Å². The van der Waals surface area contributed by atoms with E-state index < -0.39 is 0 Å². The molecule has 2 rings (SSSR count). The third kappa shape index (κ3) is 1.03. The van der Waals surface area contributed by atoms with Crippen molar-refractivity contribution in [2.75, 3.05) is 6.61 Å². The van der Waals surface area contributed by atoms with Crippen LogP contribution in [0.25, 0.3) is 0 Å². The average Bonchev–Trinajstić information content (AvgIpc) is 2.64. The highest BCUT2D eigenvalue weighted by molar-refractivity contribution is 4.98. The molecule has 0 radical (unpaired) electrons. The molecule has 2 saturated heterocycles. The molecular weight excluding hydrogens is 154 g/mol. The van der Waals surface area contributed by atoms with Crippen molar-refractivity contribution in [2.45, 2.75) is 31.5 Å². The normalized spacial score (nSPS) is 44.7. The minimum absolute atomic E-state index is 0.174. The van der Waals surface area contributed by atoms with E-state index in [4.69, 9.17) is 15.1 Å². The van der Waals surface area contributed by atoms with Gasteiger partial charge in [0, 0.05) is 24.9 Å². The maximum absolute atomic E-state index is 9.10. The fraction of sp³-hybridized carbons (Fsp3) is 0.889. The summed E-state index contributed by atoms with van der Waals surface area (Å²) < 4.78 is 5.63. The van der Waals surface area contributed by atoms with E-state index in [0.29, 0.717) is 12.3 Å². The molecule has 0 aromatic carbocycles. The Morgan fingerprint density at radius 3 is 2.58 bits per heavy atom. The molecule has 3 heteroatoms. The molecule has 0 aliphatic carbocycles. The summed E-state index contributed by atoms with van der Waals surface area (Å²) in [7, 11) is 0. The number of aliphatic hydroxyl groups is 1. The Kier molecular flexibility index (Phi) is 2.03. The van der Waals surface area contributed by atoms with Gasteiger partial charge in [-0.2, -0.15) is 5.26 Å². The molecule has 0 aromatic rings. The lowest BCUT2D eigenvalue weighted by Gasteiger charge is -2.23. The van der Waals surface area contributed by atoms with Crippen molar-refractivity contribution >= 4 is 0 Å². The molecule has 2 aliphatic heterocycles. The Morgan fingerprint density at radius 2 is 2.00 bits per heavy atom. The zero-order valence-electron chi connectivity index (χ0n) is 6.94. The molecule has 12 heavy (non-hydrogen) atoms. The maximum Gasteiger partial charge on any atom is 0.0634 e. The Hall–Kier alpha value is -0.590. The first kappa shape index (κ1) is 8.03. The lowest BCUT2D eigenvalue weighted by Crippen LogP contribution is -2.29. The summed E-state index contributed by atoms with van der Waals surface area (Å²) in [5.41, 5.74) is 0. The minimum Gasteiger partial charge on any atom is -0.396 e. The van der Waals surface area contributed by atoms with E-state index in [9.17, 15) is 0 Å². The van der Waals surface area contributed by atoms with Crippen molar-refractivity contribution < 1.29 is 9.84 Å². The van der Waals surface area contributed by atoms with Gasteiger partial charge in [0.1, 0.15) is 0 Å². The van der Waals surface area contributed by atoms with Crippen LogP contribution in [0.2, 0.25) is 0 Å². The monoisotopic (exact) mass is 167 g/mol. The van der Waals surface area contributed by atoms with Gasteiger partial charge in [0.05, 0.1) is 18.3 Å². The Labute approximate surface area is 71.9 Å². The second-order valence-electron chi connectivity index (χ2n) is 3.66. The SMILES string of the molecule is N#CCC1C(CO)C2CC[C@H]1O2. The van der Waals surface area contributed by atoms with Crippen molar-refractivity contribution in [3.8, 4) is 6.07 Å². The van der Waals surface area contributed by atoms with Crippen LogP contribution in [0.15, 0.2) is 0 Å². The summed E-state index contributed by atoms with van der Waals surface area (Å²) in [6.07, 6.45) is 3.17. The predicted molar refractivity (Wildman–Crippen MR) is 42.2 cm³/mol. The van der Waals surface area contributed by atoms with Crippen molar-refractivity contribution in [3.05, 3.63) is 0 Å². The number of hydrogen-bond acceptors (Lipinski definition) is 3. The van der Waals surface area contributed by atoms with Gasteiger partial charge in [0.15, 0.2) is 0 Å². The Balaban J connectivity index is 2.07. The Morgan fingerprint density at radius 1 is 1.33 bits per heavy atom. The van der Waals surface area contributed by atoms with E-state index in [1.165, 1.54) is 0 Å². The van der Waals surface area contributed by atoms with Gasteiger partial charge in [0.25, 0.3) is 0 Å². The standard InChI is InChI=1S/C9H13NO2/c10-4-3-6-7(5-11)9-2-1-8(6)12-9/h6-9,11H,1-3,5H2/t6?,7?,8-,9?/m1/s1. The lowest BCUT2D eigenvalue weighted by molar-refractivity contribution is 0.0787. The summed E-state index contributed by atoms with van der Waals surface area (Å²) >= 11 is 0. The van der Waals surface area contributed by atoms with Gasteiger partial charge >= 0.3 is 0 Å². The molecular formula is C9H13NO2. The number of nitrogens with zero attached hydrogens (tertiary/aromatic N) is 1. The smallest absolute Gasteiger partial charge is 0.0634 e. The van der Waals surface area contributed by atoms with Crippen molar-refractivity contribution in [1.29, 1.82) is 5.26 Å². The van der Waals surface area contributed by atoms with E-state index >= 15 is 0 Å². The number of nitriles is 1. The Bertz CT molecular complexity index is 211. The average molecular weight is 167 g/mol. The van der Waals surface area contributed by atoms with Gasteiger partial charge in [0.2, 0.25) is 0 Å². The van der Waals surface area contributed by atoms with E-state index in [1.54, 1.807) is 0 Å². The number of aliphatic hydroxyl groups excluding tert-OH is 1. The van der Waals surface area contributed by atoms with Crippen LogP contribution < -0.4 is 0 Å². The number of fused-ring (bicyclic) bond motifs is 2. The van der Waals surface area contributed by atoms with Crippen molar-refractivity contribution in [3.63, 3.8) is 0 Å². The number of rotatable bonds is 2. The van der Waals surface area contributed by atoms with Gasteiger partial charge in [-0.25, -0.2) is 0 Å². The van der Waals surface area contributed by atoms with Gasteiger partial charge in [-0.3, -0.25) is 0 Å². The molecule has 4 atom stereocenters. The van der Waals surface area contributed by atoms with Crippen LogP contribution in [0.3, 0.4) is 0 Å². The van der Waals surface area contributed by atoms with Crippen LogP contribution in [0, 0.1) is 23.2 Å². The number of ether oxygens (including phenoxy) is 1. The second kappa shape index (κ2) is 3.04. The molecule has 0 saturated carbocycles. The van der Waals surface area contributed by atoms with Crippen LogP contribution in [0.4, 0.5) is 0 Å². The van der Waals surface area contributed by atoms with Crippen molar-refractivity contribution in [2.24, 2.45) is 11.8 Å². The highest BCUT2D eigenvalue weighted by atomic mass is 16.5. The summed E-state index contributed by atoms with van der Waals surface area (Å²) in [6, 6.07) is 2.17. The molecule has 2 heterocycles. The molecule has 1 N–H and O–H groups in total. The van der Waals surface area contributed by atoms with Crippen LogP contribution >= 0.6 is 0 Å². The summed E-state index contributed by atoms with van der Waals surface area (Å²) in [6.45, 7) is 0.174. The molecule has 66 valence electrons. The number of hydrogen-bond donors (Lipinski definition) is 1. The largest absolute Gasteiger partial charge is 0.396 e. The molecule has 0 aromatic heterocycles. The van der Waals surface area contributed by atoms with Gasteiger partial charge < -0.3 is 9.84 Å². The molecule has 2 bridgehead atoms.